The predicted octanol–water partition coefficient (Wildman–Crippen LogP) is -0.999. The van der Waals surface area contributed by atoms with Gasteiger partial charge in [0.25, 0.3) is 0 Å². The van der Waals surface area contributed by atoms with Gasteiger partial charge in [0.15, 0.2) is 0 Å². The molecule has 0 spiro atoms. The Balaban J connectivity index is 2.74. The largest absolute Gasteiger partial charge is 0.889 e. The molecule has 0 N–H and O–H groups in total. The Hall–Kier alpha value is -1.21. The molecule has 0 fully saturated rings. The second kappa shape index (κ2) is 3.89. The molecule has 0 saturated carbocycles. The van der Waals surface area contributed by atoms with Crippen LogP contribution >= 0.6 is 0 Å². The summed E-state index contributed by atoms with van der Waals surface area (Å²) in [7, 11) is -2.20. The van der Waals surface area contributed by atoms with Gasteiger partial charge in [-0.05, 0) is 12.1 Å². The number of halogens is 3. The molecule has 0 aliphatic carbocycles. The van der Waals surface area contributed by atoms with Crippen LogP contribution in [0.4, 0.5) is 13.2 Å². The van der Waals surface area contributed by atoms with Crippen LogP contribution in [0.15, 0.2) is 24.3 Å². The van der Waals surface area contributed by atoms with E-state index in [9.17, 15) is 23.2 Å². The zero-order valence-electron chi connectivity index (χ0n) is 6.75. The average molecular weight is 204 g/mol. The van der Waals surface area contributed by atoms with Crippen LogP contribution in [0.1, 0.15) is 0 Å². The molecule has 0 saturated heterocycles. The minimum Gasteiger partial charge on any atom is -0.889 e. The van der Waals surface area contributed by atoms with E-state index < -0.39 is 19.2 Å². The van der Waals surface area contributed by atoms with Crippen molar-refractivity contribution >= 4 is 12.6 Å². The molecule has 0 aromatic heterocycles. The first-order valence-corrected chi connectivity index (χ1v) is 3.56. The standard InChI is InChI=1S/C7H4BF3O3/c9-7(10,11)14-6-3-1-5(2-4-6)8(12)13/h1-4H/q-2. The van der Waals surface area contributed by atoms with Crippen molar-refractivity contribution < 1.29 is 28.0 Å². The van der Waals surface area contributed by atoms with Crippen LogP contribution in [0.25, 0.3) is 0 Å². The number of hydrogen-bond acceptors (Lipinski definition) is 3. The lowest BCUT2D eigenvalue weighted by atomic mass is 9.80. The third-order valence-electron chi connectivity index (χ3n) is 1.39. The van der Waals surface area contributed by atoms with Crippen LogP contribution in [-0.4, -0.2) is 13.5 Å². The van der Waals surface area contributed by atoms with E-state index >= 15 is 0 Å². The summed E-state index contributed by atoms with van der Waals surface area (Å²) < 4.78 is 38.5. The molecule has 3 nitrogen and oxygen atoms in total. The third-order valence-corrected chi connectivity index (χ3v) is 1.39. The Morgan fingerprint density at radius 3 is 1.93 bits per heavy atom. The summed E-state index contributed by atoms with van der Waals surface area (Å²) in [6.45, 7) is 0. The summed E-state index contributed by atoms with van der Waals surface area (Å²) in [5, 5.41) is 20.6. The van der Waals surface area contributed by atoms with Crippen LogP contribution in [-0.2, 0) is 0 Å². The highest BCUT2D eigenvalue weighted by molar-refractivity contribution is 6.55. The smallest absolute Gasteiger partial charge is 0.573 e. The lowest BCUT2D eigenvalue weighted by Crippen LogP contribution is -2.55. The van der Waals surface area contributed by atoms with E-state index in [1.54, 1.807) is 0 Å². The maximum absolute atomic E-state index is 11.7. The first-order valence-electron chi connectivity index (χ1n) is 3.56. The van der Waals surface area contributed by atoms with E-state index in [1.807, 2.05) is 0 Å². The summed E-state index contributed by atoms with van der Waals surface area (Å²) >= 11 is 0. The molecule has 0 atom stereocenters. The molecule has 76 valence electrons. The van der Waals surface area contributed by atoms with E-state index in [-0.39, 0.29) is 5.46 Å². The van der Waals surface area contributed by atoms with Gasteiger partial charge in [0, 0.05) is 0 Å². The van der Waals surface area contributed by atoms with Crippen LogP contribution in [0.3, 0.4) is 0 Å². The number of hydrogen-bond donors (Lipinski definition) is 0. The van der Waals surface area contributed by atoms with Crippen molar-refractivity contribution in [1.82, 2.24) is 0 Å². The van der Waals surface area contributed by atoms with Crippen LogP contribution in [0.2, 0.25) is 0 Å². The molecule has 0 amide bonds. The zero-order valence-corrected chi connectivity index (χ0v) is 6.75. The summed E-state index contributed by atoms with van der Waals surface area (Å²) in [4.78, 5) is 0. The number of benzene rings is 1. The fourth-order valence-corrected chi connectivity index (χ4v) is 0.827. The van der Waals surface area contributed by atoms with Gasteiger partial charge in [0.1, 0.15) is 5.75 Å². The van der Waals surface area contributed by atoms with Gasteiger partial charge in [-0.15, -0.1) is 18.6 Å². The van der Waals surface area contributed by atoms with Crippen molar-refractivity contribution in [3.8, 4) is 5.75 Å². The maximum atomic E-state index is 11.7. The summed E-state index contributed by atoms with van der Waals surface area (Å²) in [5.41, 5.74) is -0.125. The van der Waals surface area contributed by atoms with E-state index in [0.717, 1.165) is 24.3 Å². The SMILES string of the molecule is [O-]B([O-])c1ccc(OC(F)(F)F)cc1. The Labute approximate surface area is 77.9 Å². The van der Waals surface area contributed by atoms with Crippen LogP contribution in [0.5, 0.6) is 5.75 Å². The van der Waals surface area contributed by atoms with Gasteiger partial charge < -0.3 is 14.8 Å². The van der Waals surface area contributed by atoms with E-state index in [1.165, 1.54) is 0 Å². The van der Waals surface area contributed by atoms with Crippen molar-refractivity contribution in [1.29, 1.82) is 0 Å². The van der Waals surface area contributed by atoms with Gasteiger partial charge in [-0.1, -0.05) is 19.3 Å². The van der Waals surface area contributed by atoms with Gasteiger partial charge in [-0.3, -0.25) is 0 Å². The zero-order chi connectivity index (χ0) is 10.8. The van der Waals surface area contributed by atoms with E-state index in [4.69, 9.17) is 0 Å². The highest BCUT2D eigenvalue weighted by atomic mass is 19.4. The average Bonchev–Trinajstić information content (AvgIpc) is 2.02. The first kappa shape index (κ1) is 10.9. The highest BCUT2D eigenvalue weighted by Gasteiger charge is 2.30. The van der Waals surface area contributed by atoms with Crippen molar-refractivity contribution in [2.24, 2.45) is 0 Å². The van der Waals surface area contributed by atoms with Gasteiger partial charge in [0.2, 0.25) is 0 Å². The van der Waals surface area contributed by atoms with Crippen LogP contribution < -0.4 is 20.2 Å². The van der Waals surface area contributed by atoms with Crippen molar-refractivity contribution in [3.63, 3.8) is 0 Å². The second-order valence-corrected chi connectivity index (χ2v) is 2.45. The molecule has 1 aromatic carbocycles. The lowest BCUT2D eigenvalue weighted by Gasteiger charge is -2.26. The second-order valence-electron chi connectivity index (χ2n) is 2.45. The molecule has 14 heavy (non-hydrogen) atoms. The van der Waals surface area contributed by atoms with Gasteiger partial charge in [0.05, 0.1) is 0 Å². The molecule has 0 heterocycles. The number of rotatable bonds is 2. The van der Waals surface area contributed by atoms with Crippen molar-refractivity contribution in [2.45, 2.75) is 6.36 Å². The summed E-state index contributed by atoms with van der Waals surface area (Å²) in [6, 6.07) is 3.86. The van der Waals surface area contributed by atoms with E-state index in [0.29, 0.717) is 0 Å². The Kier molecular flexibility index (Phi) is 3.02. The number of ether oxygens (including phenoxy) is 1. The molecule has 0 bridgehead atoms. The summed E-state index contributed by atoms with van der Waals surface area (Å²) in [6.07, 6.45) is -4.77. The lowest BCUT2D eigenvalue weighted by molar-refractivity contribution is -0.341. The minimum absolute atomic E-state index is 0.125. The van der Waals surface area contributed by atoms with Crippen molar-refractivity contribution in [3.05, 3.63) is 24.3 Å². The molecule has 0 unspecified atom stereocenters. The third kappa shape index (κ3) is 3.27. The minimum atomic E-state index is -4.77. The number of alkyl halides is 3. The van der Waals surface area contributed by atoms with E-state index in [2.05, 4.69) is 4.74 Å². The molecule has 7 heteroatoms. The Bertz CT molecular complexity index is 296. The highest BCUT2D eigenvalue weighted by Crippen LogP contribution is 2.21. The van der Waals surface area contributed by atoms with Crippen LogP contribution in [0, 0.1) is 0 Å². The normalized spacial score (nSPS) is 11.2. The monoisotopic (exact) mass is 204 g/mol. The quantitative estimate of drug-likeness (QED) is 0.580. The molecule has 0 aliphatic rings. The molecule has 1 rings (SSSR count). The maximum Gasteiger partial charge on any atom is 0.573 e. The molecule has 1 aromatic rings. The van der Waals surface area contributed by atoms with Gasteiger partial charge in [-0.25, -0.2) is 0 Å². The Morgan fingerprint density at radius 2 is 1.57 bits per heavy atom. The molecule has 0 aliphatic heterocycles. The van der Waals surface area contributed by atoms with Crippen molar-refractivity contribution in [2.75, 3.05) is 0 Å². The fourth-order valence-electron chi connectivity index (χ4n) is 0.827. The molecular weight excluding hydrogens is 200 g/mol. The van der Waals surface area contributed by atoms with Gasteiger partial charge in [-0.2, -0.15) is 0 Å². The summed E-state index contributed by atoms with van der Waals surface area (Å²) in [5.74, 6) is -0.457. The Morgan fingerprint density at radius 1 is 1.07 bits per heavy atom. The molecule has 0 radical (unpaired) electrons. The topological polar surface area (TPSA) is 55.3 Å². The first-order chi connectivity index (χ1) is 6.38. The van der Waals surface area contributed by atoms with Gasteiger partial charge >= 0.3 is 6.36 Å². The fraction of sp³-hybridized carbons (Fsp3) is 0.143. The molecular formula is C7H4BF3O3-2. The predicted molar refractivity (Wildman–Crippen MR) is 38.5 cm³/mol.